The summed E-state index contributed by atoms with van der Waals surface area (Å²) in [5, 5.41) is 4.09. The van der Waals surface area contributed by atoms with E-state index < -0.39 is 0 Å². The maximum atomic E-state index is 13.1. The van der Waals surface area contributed by atoms with Crippen molar-refractivity contribution in [3.05, 3.63) is 83.7 Å². The predicted molar refractivity (Wildman–Crippen MR) is 94.9 cm³/mol. The molecule has 0 radical (unpaired) electrons. The van der Waals surface area contributed by atoms with Crippen LogP contribution in [0.1, 0.15) is 34.3 Å². The first-order valence-electron chi connectivity index (χ1n) is 8.66. The number of halogens is 1. The standard InChI is InChI=1S/C20H19FN4O/c21-18-7-3-16(4-8-18)12-25(19-9-10-19)20(26)17-5-1-15(2-6-17)11-24-14-22-13-23-24/h1-8,13-14,19H,9-12H2. The van der Waals surface area contributed by atoms with E-state index in [2.05, 4.69) is 10.1 Å². The van der Waals surface area contributed by atoms with Crippen LogP contribution in [0.15, 0.2) is 61.2 Å². The van der Waals surface area contributed by atoms with Crippen molar-refractivity contribution in [2.75, 3.05) is 0 Å². The van der Waals surface area contributed by atoms with Gasteiger partial charge in [0, 0.05) is 18.2 Å². The molecule has 1 saturated carbocycles. The van der Waals surface area contributed by atoms with Crippen LogP contribution >= 0.6 is 0 Å². The predicted octanol–water partition coefficient (Wildman–Crippen LogP) is 3.27. The number of benzene rings is 2. The first kappa shape index (κ1) is 16.4. The molecule has 1 aromatic heterocycles. The summed E-state index contributed by atoms with van der Waals surface area (Å²) in [6, 6.07) is 14.2. The minimum absolute atomic E-state index is 0.0177. The number of rotatable bonds is 6. The number of hydrogen-bond acceptors (Lipinski definition) is 3. The summed E-state index contributed by atoms with van der Waals surface area (Å²) in [5.74, 6) is -0.245. The van der Waals surface area contributed by atoms with Crippen molar-refractivity contribution in [1.82, 2.24) is 19.7 Å². The number of carbonyl (C=O) groups is 1. The number of hydrogen-bond donors (Lipinski definition) is 0. The van der Waals surface area contributed by atoms with E-state index in [1.54, 1.807) is 23.1 Å². The van der Waals surface area contributed by atoms with Gasteiger partial charge in [-0.3, -0.25) is 4.79 Å². The molecule has 1 amide bonds. The number of amides is 1. The lowest BCUT2D eigenvalue weighted by molar-refractivity contribution is 0.0730. The molecular weight excluding hydrogens is 331 g/mol. The van der Waals surface area contributed by atoms with Gasteiger partial charge in [-0.1, -0.05) is 24.3 Å². The second-order valence-corrected chi connectivity index (χ2v) is 6.58. The Balaban J connectivity index is 1.47. The zero-order valence-electron chi connectivity index (χ0n) is 14.3. The van der Waals surface area contributed by atoms with Crippen molar-refractivity contribution in [3.63, 3.8) is 0 Å². The van der Waals surface area contributed by atoms with Gasteiger partial charge in [0.05, 0.1) is 6.54 Å². The molecule has 5 nitrogen and oxygen atoms in total. The SMILES string of the molecule is O=C(c1ccc(Cn2cncn2)cc1)N(Cc1ccc(F)cc1)C1CC1. The topological polar surface area (TPSA) is 51.0 Å². The Hall–Kier alpha value is -3.02. The third-order valence-electron chi connectivity index (χ3n) is 4.53. The number of carbonyl (C=O) groups excluding carboxylic acids is 1. The van der Waals surface area contributed by atoms with Crippen LogP contribution in [0.4, 0.5) is 4.39 Å². The van der Waals surface area contributed by atoms with Crippen molar-refractivity contribution in [1.29, 1.82) is 0 Å². The molecule has 3 aromatic rings. The van der Waals surface area contributed by atoms with Crippen LogP contribution in [0.3, 0.4) is 0 Å². The Bertz CT molecular complexity index is 871. The lowest BCUT2D eigenvalue weighted by Gasteiger charge is -2.23. The van der Waals surface area contributed by atoms with Gasteiger partial charge in [-0.2, -0.15) is 5.10 Å². The minimum atomic E-state index is -0.263. The zero-order valence-corrected chi connectivity index (χ0v) is 14.3. The molecule has 0 aliphatic heterocycles. The van der Waals surface area contributed by atoms with Gasteiger partial charge in [-0.15, -0.1) is 0 Å². The Morgan fingerprint density at radius 1 is 1.08 bits per heavy atom. The highest BCUT2D eigenvalue weighted by atomic mass is 19.1. The Morgan fingerprint density at radius 2 is 1.77 bits per heavy atom. The Morgan fingerprint density at radius 3 is 2.38 bits per heavy atom. The van der Waals surface area contributed by atoms with Crippen molar-refractivity contribution < 1.29 is 9.18 Å². The summed E-state index contributed by atoms with van der Waals surface area (Å²) in [6.45, 7) is 1.13. The van der Waals surface area contributed by atoms with Crippen LogP contribution in [0, 0.1) is 5.82 Å². The van der Waals surface area contributed by atoms with Crippen molar-refractivity contribution >= 4 is 5.91 Å². The smallest absolute Gasteiger partial charge is 0.254 e. The molecular formula is C20H19FN4O. The van der Waals surface area contributed by atoms with Crippen LogP contribution in [0.25, 0.3) is 0 Å². The summed E-state index contributed by atoms with van der Waals surface area (Å²) in [7, 11) is 0. The molecule has 2 aromatic carbocycles. The van der Waals surface area contributed by atoms with Gasteiger partial charge in [0.2, 0.25) is 0 Å². The molecule has 1 heterocycles. The molecule has 1 aliphatic rings. The maximum absolute atomic E-state index is 13.1. The van der Waals surface area contributed by atoms with Gasteiger partial charge in [-0.25, -0.2) is 14.1 Å². The molecule has 0 atom stereocenters. The van der Waals surface area contributed by atoms with Gasteiger partial charge in [0.25, 0.3) is 5.91 Å². The molecule has 0 spiro atoms. The summed E-state index contributed by atoms with van der Waals surface area (Å²) in [4.78, 5) is 18.8. The summed E-state index contributed by atoms with van der Waals surface area (Å²) in [6.07, 6.45) is 5.21. The zero-order chi connectivity index (χ0) is 17.9. The average Bonchev–Trinajstić information content (AvgIpc) is 3.38. The molecule has 4 rings (SSSR count). The molecule has 0 bridgehead atoms. The fourth-order valence-corrected chi connectivity index (χ4v) is 2.96. The van der Waals surface area contributed by atoms with Gasteiger partial charge in [0.1, 0.15) is 18.5 Å². The fraction of sp³-hybridized carbons (Fsp3) is 0.250. The van der Waals surface area contributed by atoms with E-state index in [9.17, 15) is 9.18 Å². The molecule has 0 N–H and O–H groups in total. The largest absolute Gasteiger partial charge is 0.331 e. The molecule has 1 aliphatic carbocycles. The number of nitrogens with zero attached hydrogens (tertiary/aromatic N) is 4. The highest BCUT2D eigenvalue weighted by Gasteiger charge is 2.33. The van der Waals surface area contributed by atoms with E-state index in [-0.39, 0.29) is 17.8 Å². The second kappa shape index (κ2) is 7.07. The quantitative estimate of drug-likeness (QED) is 0.686. The highest BCUT2D eigenvalue weighted by molar-refractivity contribution is 5.94. The van der Waals surface area contributed by atoms with Crippen molar-refractivity contribution in [2.24, 2.45) is 0 Å². The van der Waals surface area contributed by atoms with Gasteiger partial charge in [-0.05, 0) is 48.2 Å². The lowest BCUT2D eigenvalue weighted by atomic mass is 10.1. The van der Waals surface area contributed by atoms with Crippen LogP contribution < -0.4 is 0 Å². The first-order chi connectivity index (χ1) is 12.7. The van der Waals surface area contributed by atoms with E-state index >= 15 is 0 Å². The van der Waals surface area contributed by atoms with Crippen molar-refractivity contribution in [2.45, 2.75) is 32.0 Å². The van der Waals surface area contributed by atoms with E-state index in [4.69, 9.17) is 0 Å². The third-order valence-corrected chi connectivity index (χ3v) is 4.53. The lowest BCUT2D eigenvalue weighted by Crippen LogP contribution is -2.32. The highest BCUT2D eigenvalue weighted by Crippen LogP contribution is 2.30. The summed E-state index contributed by atoms with van der Waals surface area (Å²) < 4.78 is 14.8. The average molecular weight is 350 g/mol. The van der Waals surface area contributed by atoms with Gasteiger partial charge in [0.15, 0.2) is 0 Å². The van der Waals surface area contributed by atoms with Crippen LogP contribution in [-0.4, -0.2) is 31.6 Å². The third kappa shape index (κ3) is 3.79. The van der Waals surface area contributed by atoms with Gasteiger partial charge < -0.3 is 4.90 Å². The fourth-order valence-electron chi connectivity index (χ4n) is 2.96. The van der Waals surface area contributed by atoms with E-state index in [0.29, 0.717) is 18.7 Å². The molecule has 0 unspecified atom stereocenters. The second-order valence-electron chi connectivity index (χ2n) is 6.58. The summed E-state index contributed by atoms with van der Waals surface area (Å²) in [5.41, 5.74) is 2.67. The normalized spacial score (nSPS) is 13.6. The molecule has 0 saturated heterocycles. The maximum Gasteiger partial charge on any atom is 0.254 e. The monoisotopic (exact) mass is 350 g/mol. The number of aromatic nitrogens is 3. The Kier molecular flexibility index (Phi) is 4.48. The van der Waals surface area contributed by atoms with Crippen LogP contribution in [0.2, 0.25) is 0 Å². The van der Waals surface area contributed by atoms with E-state index in [1.165, 1.54) is 18.5 Å². The minimum Gasteiger partial charge on any atom is -0.331 e. The molecule has 1 fully saturated rings. The van der Waals surface area contributed by atoms with Crippen molar-refractivity contribution in [3.8, 4) is 0 Å². The molecule has 6 heteroatoms. The molecule has 26 heavy (non-hydrogen) atoms. The van der Waals surface area contributed by atoms with Crippen LogP contribution in [0.5, 0.6) is 0 Å². The molecule has 132 valence electrons. The van der Waals surface area contributed by atoms with Crippen LogP contribution in [-0.2, 0) is 13.1 Å². The Labute approximate surface area is 151 Å². The summed E-state index contributed by atoms with van der Waals surface area (Å²) >= 11 is 0. The van der Waals surface area contributed by atoms with Gasteiger partial charge >= 0.3 is 0 Å². The van der Waals surface area contributed by atoms with E-state index in [1.807, 2.05) is 29.2 Å². The van der Waals surface area contributed by atoms with E-state index in [0.717, 1.165) is 24.0 Å². The first-order valence-corrected chi connectivity index (χ1v) is 8.66.